The molecule has 0 aliphatic carbocycles. The van der Waals surface area contributed by atoms with Crippen LogP contribution in [-0.2, 0) is 0 Å². The molecule has 6 heteroatoms. The van der Waals surface area contributed by atoms with Crippen molar-refractivity contribution < 1.29 is 14.7 Å². The molecule has 0 spiro atoms. The molecular weight excluding hydrogens is 240 g/mol. The lowest BCUT2D eigenvalue weighted by Gasteiger charge is -2.00. The van der Waals surface area contributed by atoms with Gasteiger partial charge < -0.3 is 15.4 Å². The van der Waals surface area contributed by atoms with E-state index in [2.05, 4.69) is 10.3 Å². The summed E-state index contributed by atoms with van der Waals surface area (Å²) in [5, 5.41) is 13.4. The number of H-pyrrole nitrogens is 1. The molecule has 0 aromatic carbocycles. The summed E-state index contributed by atoms with van der Waals surface area (Å²) in [6, 6.07) is 1.44. The minimum Gasteiger partial charge on any atom is -0.478 e. The van der Waals surface area contributed by atoms with Gasteiger partial charge in [-0.2, -0.15) is 0 Å². The fourth-order valence-electron chi connectivity index (χ4n) is 1.38. The molecule has 2 heterocycles. The Bertz CT molecular complexity index is 571. The van der Waals surface area contributed by atoms with Crippen LogP contribution in [0.1, 0.15) is 26.3 Å². The van der Waals surface area contributed by atoms with E-state index >= 15 is 0 Å². The quantitative estimate of drug-likeness (QED) is 0.781. The molecule has 1 amide bonds. The molecule has 0 atom stereocenters. The summed E-state index contributed by atoms with van der Waals surface area (Å²) in [6.07, 6.45) is 3.34. The number of carbonyl (C=O) groups is 2. The van der Waals surface area contributed by atoms with Crippen LogP contribution in [0.3, 0.4) is 0 Å². The number of carboxylic acid groups (broad SMARTS) is 1. The summed E-state index contributed by atoms with van der Waals surface area (Å²) in [4.78, 5) is 25.3. The fourth-order valence-corrected chi connectivity index (χ4v) is 2.15. The van der Waals surface area contributed by atoms with Crippen molar-refractivity contribution in [1.29, 1.82) is 0 Å². The first kappa shape index (κ1) is 11.4. The third-order valence-electron chi connectivity index (χ3n) is 2.28. The molecule has 0 aliphatic rings. The predicted octanol–water partition coefficient (Wildman–Crippen LogP) is 2.34. The maximum absolute atomic E-state index is 11.8. The molecule has 17 heavy (non-hydrogen) atoms. The van der Waals surface area contributed by atoms with Crippen LogP contribution in [-0.4, -0.2) is 22.0 Å². The topological polar surface area (TPSA) is 82.2 Å². The van der Waals surface area contributed by atoms with Gasteiger partial charge in [-0.1, -0.05) is 0 Å². The number of anilines is 1. The first-order chi connectivity index (χ1) is 8.08. The number of carboxylic acids is 1. The van der Waals surface area contributed by atoms with Crippen molar-refractivity contribution in [2.45, 2.75) is 6.92 Å². The Morgan fingerprint density at radius 3 is 2.71 bits per heavy atom. The second kappa shape index (κ2) is 4.42. The van der Waals surface area contributed by atoms with E-state index in [1.807, 2.05) is 6.92 Å². The minimum absolute atomic E-state index is 0.177. The zero-order chi connectivity index (χ0) is 12.4. The van der Waals surface area contributed by atoms with E-state index in [0.717, 1.165) is 5.56 Å². The van der Waals surface area contributed by atoms with E-state index in [9.17, 15) is 9.59 Å². The summed E-state index contributed by atoms with van der Waals surface area (Å²) in [6.45, 7) is 1.82. The van der Waals surface area contributed by atoms with Crippen molar-refractivity contribution in [3.05, 3.63) is 40.5 Å². The highest BCUT2D eigenvalue weighted by Crippen LogP contribution is 2.21. The second-order valence-corrected chi connectivity index (χ2v) is 4.42. The van der Waals surface area contributed by atoms with Gasteiger partial charge in [-0.05, 0) is 18.6 Å². The SMILES string of the molecule is Cc1c[nH]cc1C(=O)Nc1cc(C(=O)O)cs1. The number of aryl methyl sites for hydroxylation is 1. The van der Waals surface area contributed by atoms with Crippen LogP contribution in [0.5, 0.6) is 0 Å². The van der Waals surface area contributed by atoms with Crippen LogP contribution in [0.4, 0.5) is 5.00 Å². The Balaban J connectivity index is 2.13. The number of rotatable bonds is 3. The number of hydrogen-bond donors (Lipinski definition) is 3. The molecule has 0 radical (unpaired) electrons. The Kier molecular flexibility index (Phi) is 2.97. The Labute approximate surface area is 101 Å². The van der Waals surface area contributed by atoms with E-state index < -0.39 is 5.97 Å². The Morgan fingerprint density at radius 2 is 2.18 bits per heavy atom. The van der Waals surface area contributed by atoms with Gasteiger partial charge >= 0.3 is 5.97 Å². The first-order valence-electron chi connectivity index (χ1n) is 4.84. The molecule has 88 valence electrons. The standard InChI is InChI=1S/C11H10N2O3S/c1-6-3-12-4-8(6)10(14)13-9-2-7(5-17-9)11(15)16/h2-5,12H,1H3,(H,13,14)(H,15,16). The smallest absolute Gasteiger partial charge is 0.336 e. The molecule has 0 bridgehead atoms. The normalized spacial score (nSPS) is 10.2. The zero-order valence-electron chi connectivity index (χ0n) is 8.98. The van der Waals surface area contributed by atoms with Crippen LogP contribution in [0, 0.1) is 6.92 Å². The van der Waals surface area contributed by atoms with Crippen LogP contribution in [0.2, 0.25) is 0 Å². The van der Waals surface area contributed by atoms with Gasteiger partial charge in [0.25, 0.3) is 5.91 Å². The number of aromatic carboxylic acids is 1. The third kappa shape index (κ3) is 2.36. The highest BCUT2D eigenvalue weighted by Gasteiger charge is 2.12. The number of aromatic nitrogens is 1. The van der Waals surface area contributed by atoms with Crippen LogP contribution in [0.25, 0.3) is 0 Å². The van der Waals surface area contributed by atoms with Gasteiger partial charge in [0, 0.05) is 17.8 Å². The lowest BCUT2D eigenvalue weighted by atomic mass is 10.2. The molecule has 5 nitrogen and oxygen atoms in total. The largest absolute Gasteiger partial charge is 0.478 e. The number of carbonyl (C=O) groups excluding carboxylic acids is 1. The van der Waals surface area contributed by atoms with Gasteiger partial charge in [0.2, 0.25) is 0 Å². The van der Waals surface area contributed by atoms with E-state index in [4.69, 9.17) is 5.11 Å². The summed E-state index contributed by atoms with van der Waals surface area (Å²) < 4.78 is 0. The zero-order valence-corrected chi connectivity index (χ0v) is 9.80. The Morgan fingerprint density at radius 1 is 1.41 bits per heavy atom. The third-order valence-corrected chi connectivity index (χ3v) is 3.13. The minimum atomic E-state index is -1.00. The summed E-state index contributed by atoms with van der Waals surface area (Å²) in [7, 11) is 0. The van der Waals surface area contributed by atoms with E-state index in [1.165, 1.54) is 22.8 Å². The summed E-state index contributed by atoms with van der Waals surface area (Å²) in [5.41, 5.74) is 1.57. The van der Waals surface area contributed by atoms with Gasteiger partial charge in [0.1, 0.15) is 0 Å². The van der Waals surface area contributed by atoms with Gasteiger partial charge in [-0.15, -0.1) is 11.3 Å². The monoisotopic (exact) mass is 250 g/mol. The first-order valence-corrected chi connectivity index (χ1v) is 5.72. The van der Waals surface area contributed by atoms with Crippen LogP contribution < -0.4 is 5.32 Å². The second-order valence-electron chi connectivity index (χ2n) is 3.51. The lowest BCUT2D eigenvalue weighted by Crippen LogP contribution is -2.11. The molecule has 0 saturated heterocycles. The fraction of sp³-hybridized carbons (Fsp3) is 0.0909. The molecule has 0 unspecified atom stereocenters. The predicted molar refractivity (Wildman–Crippen MR) is 64.8 cm³/mol. The molecule has 0 aliphatic heterocycles. The average Bonchev–Trinajstić information content (AvgIpc) is 2.86. The molecule has 3 N–H and O–H groups in total. The maximum atomic E-state index is 11.8. The lowest BCUT2D eigenvalue weighted by molar-refractivity contribution is 0.0697. The highest BCUT2D eigenvalue weighted by molar-refractivity contribution is 7.14. The van der Waals surface area contributed by atoms with Gasteiger partial charge in [-0.3, -0.25) is 4.79 Å². The molecule has 0 fully saturated rings. The number of hydrogen-bond acceptors (Lipinski definition) is 3. The van der Waals surface area contributed by atoms with Crippen molar-refractivity contribution in [1.82, 2.24) is 4.98 Å². The number of thiophene rings is 1. The van der Waals surface area contributed by atoms with Gasteiger partial charge in [0.15, 0.2) is 0 Å². The Hall–Kier alpha value is -2.08. The van der Waals surface area contributed by atoms with Crippen molar-refractivity contribution in [3.63, 3.8) is 0 Å². The van der Waals surface area contributed by atoms with E-state index in [-0.39, 0.29) is 11.5 Å². The van der Waals surface area contributed by atoms with Crippen molar-refractivity contribution in [3.8, 4) is 0 Å². The number of nitrogens with one attached hydrogen (secondary N) is 2. The van der Waals surface area contributed by atoms with Crippen molar-refractivity contribution in [2.24, 2.45) is 0 Å². The van der Waals surface area contributed by atoms with Crippen molar-refractivity contribution in [2.75, 3.05) is 5.32 Å². The van der Waals surface area contributed by atoms with Gasteiger partial charge in [-0.25, -0.2) is 4.79 Å². The summed E-state index contributed by atoms with van der Waals surface area (Å²) >= 11 is 1.19. The highest BCUT2D eigenvalue weighted by atomic mass is 32.1. The summed E-state index contributed by atoms with van der Waals surface area (Å²) in [5.74, 6) is -1.25. The average molecular weight is 250 g/mol. The van der Waals surface area contributed by atoms with Gasteiger partial charge in [0.05, 0.1) is 16.1 Å². The number of amides is 1. The van der Waals surface area contributed by atoms with E-state index in [0.29, 0.717) is 10.6 Å². The maximum Gasteiger partial charge on any atom is 0.336 e. The molecule has 2 rings (SSSR count). The molecule has 0 saturated carbocycles. The van der Waals surface area contributed by atoms with Crippen LogP contribution in [0.15, 0.2) is 23.8 Å². The van der Waals surface area contributed by atoms with E-state index in [1.54, 1.807) is 12.4 Å². The number of aromatic amines is 1. The molecule has 2 aromatic heterocycles. The molecule has 2 aromatic rings. The van der Waals surface area contributed by atoms with Crippen molar-refractivity contribution >= 4 is 28.2 Å². The van der Waals surface area contributed by atoms with Crippen LogP contribution >= 0.6 is 11.3 Å². The molecular formula is C11H10N2O3S.